The van der Waals surface area contributed by atoms with Gasteiger partial charge in [0.1, 0.15) is 48.7 Å². The zero-order chi connectivity index (χ0) is 20.1. The molecule has 3 aliphatic rings. The van der Waals surface area contributed by atoms with Crippen molar-refractivity contribution in [2.45, 2.75) is 81.0 Å². The monoisotopic (exact) mass is 395 g/mol. The molecule has 0 aromatic rings. The molecule has 0 spiro atoms. The minimum Gasteiger partial charge on any atom is -0.544 e. The maximum absolute atomic E-state index is 11.1. The molecule has 0 aliphatic carbocycles. The number of carbonyl (C=O) groups excluding carboxylic acids is 1. The van der Waals surface area contributed by atoms with Crippen LogP contribution in [0.1, 0.15) is 13.8 Å². The highest BCUT2D eigenvalue weighted by atomic mass is 16.8. The third kappa shape index (κ3) is 3.70. The van der Waals surface area contributed by atoms with Gasteiger partial charge in [0.05, 0.1) is 12.7 Å². The Morgan fingerprint density at radius 1 is 1.07 bits per heavy atom. The molecule has 0 radical (unpaired) electrons. The smallest absolute Gasteiger partial charge is 0.207 e. The number of aliphatic hydroxyl groups excluding tert-OH is 5. The first kappa shape index (κ1) is 20.8. The normalized spacial score (nSPS) is 53.6. The fourth-order valence-electron chi connectivity index (χ4n) is 3.30. The van der Waals surface area contributed by atoms with Crippen molar-refractivity contribution in [2.75, 3.05) is 6.61 Å². The van der Waals surface area contributed by atoms with E-state index in [-0.39, 0.29) is 6.61 Å². The minimum absolute atomic E-state index is 0.292. The molecular formula is C15H23O12-. The number of fused-ring (bicyclic) bond motifs is 1. The first-order valence-corrected chi connectivity index (χ1v) is 8.45. The molecule has 0 amide bonds. The molecule has 0 aromatic heterocycles. The number of carbonyl (C=O) groups is 1. The summed E-state index contributed by atoms with van der Waals surface area (Å²) in [6.07, 6.45) is -13.8. The maximum atomic E-state index is 11.1. The van der Waals surface area contributed by atoms with Gasteiger partial charge in [-0.25, -0.2) is 0 Å². The highest BCUT2D eigenvalue weighted by molar-refractivity contribution is 5.73. The highest BCUT2D eigenvalue weighted by Crippen LogP contribution is 2.34. The van der Waals surface area contributed by atoms with Crippen molar-refractivity contribution in [3.05, 3.63) is 0 Å². The lowest BCUT2D eigenvalue weighted by Gasteiger charge is -2.50. The van der Waals surface area contributed by atoms with Crippen LogP contribution in [0.15, 0.2) is 0 Å². The van der Waals surface area contributed by atoms with Gasteiger partial charge in [-0.1, -0.05) is 0 Å². The Morgan fingerprint density at radius 2 is 1.74 bits per heavy atom. The van der Waals surface area contributed by atoms with Crippen LogP contribution in [0.4, 0.5) is 0 Å². The Hall–Kier alpha value is -0.930. The number of carboxylic acid groups (broad SMARTS) is 1. The summed E-state index contributed by atoms with van der Waals surface area (Å²) in [6, 6.07) is 0. The minimum atomic E-state index is -2.11. The van der Waals surface area contributed by atoms with E-state index >= 15 is 0 Å². The first-order chi connectivity index (χ1) is 12.5. The Kier molecular flexibility index (Phi) is 5.76. The molecule has 156 valence electrons. The van der Waals surface area contributed by atoms with Gasteiger partial charge in [-0.3, -0.25) is 0 Å². The highest BCUT2D eigenvalue weighted by Gasteiger charge is 2.54. The number of rotatable bonds is 3. The van der Waals surface area contributed by atoms with Gasteiger partial charge in [0.25, 0.3) is 0 Å². The fourth-order valence-corrected chi connectivity index (χ4v) is 3.30. The second kappa shape index (κ2) is 7.48. The van der Waals surface area contributed by atoms with Gasteiger partial charge in [-0.15, -0.1) is 0 Å². The third-order valence-electron chi connectivity index (χ3n) is 4.98. The average molecular weight is 395 g/mol. The van der Waals surface area contributed by atoms with Crippen LogP contribution in [0.3, 0.4) is 0 Å². The molecule has 5 unspecified atom stereocenters. The summed E-state index contributed by atoms with van der Waals surface area (Å²) in [6.45, 7) is 2.28. The lowest BCUT2D eigenvalue weighted by atomic mass is 9.96. The summed E-state index contributed by atoms with van der Waals surface area (Å²) in [5.74, 6) is -3.76. The fraction of sp³-hybridized carbons (Fsp3) is 0.933. The molecule has 3 rings (SSSR count). The number of hydrogen-bond acceptors (Lipinski definition) is 12. The van der Waals surface area contributed by atoms with Crippen LogP contribution in [0.5, 0.6) is 0 Å². The van der Waals surface area contributed by atoms with Crippen LogP contribution in [-0.4, -0.2) is 105 Å². The largest absolute Gasteiger partial charge is 0.544 e. The number of aliphatic hydroxyl groups is 5. The van der Waals surface area contributed by atoms with E-state index in [4.69, 9.17) is 23.7 Å². The maximum Gasteiger partial charge on any atom is 0.207 e. The predicted molar refractivity (Wildman–Crippen MR) is 78.4 cm³/mol. The molecular weight excluding hydrogens is 372 g/mol. The summed E-state index contributed by atoms with van der Waals surface area (Å²) >= 11 is 0. The average Bonchev–Trinajstić information content (AvgIpc) is 2.61. The Labute approximate surface area is 153 Å². The zero-order valence-corrected chi connectivity index (χ0v) is 14.6. The van der Waals surface area contributed by atoms with Crippen LogP contribution >= 0.6 is 0 Å². The molecule has 0 saturated carbocycles. The molecule has 3 heterocycles. The molecule has 3 fully saturated rings. The van der Waals surface area contributed by atoms with E-state index in [1.54, 1.807) is 0 Å². The van der Waals surface area contributed by atoms with Gasteiger partial charge >= 0.3 is 0 Å². The quantitative estimate of drug-likeness (QED) is 0.307. The summed E-state index contributed by atoms with van der Waals surface area (Å²) in [5, 5.41) is 61.0. The van der Waals surface area contributed by atoms with E-state index in [2.05, 4.69) is 0 Å². The SMILES string of the molecule is CC1O[C@@H](O)C(O)[C@H](O)[C@@H]1O[C@@H]1OC2COC(C)(C(=O)[O-])O[C@H]2[C@@H](O)C1O. The number of aliphatic carboxylic acids is 1. The van der Waals surface area contributed by atoms with Gasteiger partial charge in [0, 0.05) is 0 Å². The van der Waals surface area contributed by atoms with Crippen molar-refractivity contribution in [3.63, 3.8) is 0 Å². The van der Waals surface area contributed by atoms with Crippen LogP contribution in [-0.2, 0) is 28.5 Å². The molecule has 27 heavy (non-hydrogen) atoms. The Morgan fingerprint density at radius 3 is 2.37 bits per heavy atom. The lowest BCUT2D eigenvalue weighted by Crippen LogP contribution is -2.69. The molecule has 0 bridgehead atoms. The van der Waals surface area contributed by atoms with Crippen molar-refractivity contribution in [1.82, 2.24) is 0 Å². The Bertz CT molecular complexity index is 557. The number of carboxylic acids is 1. The van der Waals surface area contributed by atoms with E-state index in [1.165, 1.54) is 6.92 Å². The van der Waals surface area contributed by atoms with E-state index in [0.29, 0.717) is 0 Å². The number of hydrogen-bond donors (Lipinski definition) is 5. The standard InChI is InChI=1S/C15H24O12/c1-4-10(6(16)8(18)12(20)24-4)26-13-9(19)7(17)11-5(25-13)3-23-15(2,27-11)14(21)22/h4-13,16-20H,3H2,1-2H3,(H,21,22)/p-1/t4?,5?,6-,7-,8?,9?,10+,11+,12+,13-,15?/m0/s1. The summed E-state index contributed by atoms with van der Waals surface area (Å²) < 4.78 is 26.3. The van der Waals surface area contributed by atoms with Gasteiger partial charge in [0.2, 0.25) is 5.79 Å². The van der Waals surface area contributed by atoms with Crippen molar-refractivity contribution >= 4 is 5.97 Å². The zero-order valence-electron chi connectivity index (χ0n) is 14.6. The second-order valence-electron chi connectivity index (χ2n) is 6.96. The van der Waals surface area contributed by atoms with E-state index in [0.717, 1.165) is 6.92 Å². The van der Waals surface area contributed by atoms with Crippen molar-refractivity contribution < 1.29 is 59.1 Å². The molecule has 3 aliphatic heterocycles. The van der Waals surface area contributed by atoms with E-state index in [1.807, 2.05) is 0 Å². The van der Waals surface area contributed by atoms with Crippen LogP contribution in [0, 0.1) is 0 Å². The van der Waals surface area contributed by atoms with Crippen molar-refractivity contribution in [1.29, 1.82) is 0 Å². The van der Waals surface area contributed by atoms with Crippen LogP contribution in [0.25, 0.3) is 0 Å². The summed E-state index contributed by atoms with van der Waals surface area (Å²) in [7, 11) is 0. The topological polar surface area (TPSA) is 187 Å². The third-order valence-corrected chi connectivity index (χ3v) is 4.98. The molecule has 12 nitrogen and oxygen atoms in total. The number of ether oxygens (including phenoxy) is 5. The van der Waals surface area contributed by atoms with Crippen LogP contribution in [0.2, 0.25) is 0 Å². The molecule has 3 saturated heterocycles. The summed E-state index contributed by atoms with van der Waals surface area (Å²) in [4.78, 5) is 11.1. The lowest BCUT2D eigenvalue weighted by molar-refractivity contribution is -0.415. The Balaban J connectivity index is 1.70. The molecule has 0 aromatic carbocycles. The van der Waals surface area contributed by atoms with E-state index < -0.39 is 73.2 Å². The summed E-state index contributed by atoms with van der Waals surface area (Å²) in [5.41, 5.74) is 0. The van der Waals surface area contributed by atoms with E-state index in [9.17, 15) is 35.4 Å². The van der Waals surface area contributed by atoms with Crippen LogP contribution < -0.4 is 5.11 Å². The van der Waals surface area contributed by atoms with Crippen molar-refractivity contribution in [2.24, 2.45) is 0 Å². The van der Waals surface area contributed by atoms with Gasteiger partial charge in [-0.2, -0.15) is 0 Å². The van der Waals surface area contributed by atoms with Gasteiger partial charge in [-0.05, 0) is 13.8 Å². The molecule has 5 N–H and O–H groups in total. The second-order valence-corrected chi connectivity index (χ2v) is 6.96. The van der Waals surface area contributed by atoms with Gasteiger partial charge < -0.3 is 59.1 Å². The van der Waals surface area contributed by atoms with Gasteiger partial charge in [0.15, 0.2) is 12.6 Å². The molecule has 12 heteroatoms. The first-order valence-electron chi connectivity index (χ1n) is 8.45. The predicted octanol–water partition coefficient (Wildman–Crippen LogP) is -4.84. The van der Waals surface area contributed by atoms with Crippen molar-refractivity contribution in [3.8, 4) is 0 Å². The molecule has 11 atom stereocenters.